The summed E-state index contributed by atoms with van der Waals surface area (Å²) in [6, 6.07) is 0. The van der Waals surface area contributed by atoms with E-state index in [9.17, 15) is 4.79 Å². The minimum absolute atomic E-state index is 0.366. The SMILES string of the molecule is CCc1ncc(OCC(=O)O)cn1. The predicted molar refractivity (Wildman–Crippen MR) is 44.5 cm³/mol. The standard InChI is InChI=1S/C8H10N2O3/c1-2-7-9-3-6(4-10-7)13-5-8(11)12/h3-4H,2,5H2,1H3,(H,11,12). The van der Waals surface area contributed by atoms with Gasteiger partial charge in [-0.2, -0.15) is 0 Å². The molecule has 0 saturated heterocycles. The Morgan fingerprint density at radius 3 is 2.62 bits per heavy atom. The van der Waals surface area contributed by atoms with Gasteiger partial charge in [-0.05, 0) is 0 Å². The van der Waals surface area contributed by atoms with Crippen LogP contribution in [-0.2, 0) is 11.2 Å². The summed E-state index contributed by atoms with van der Waals surface area (Å²) in [5.41, 5.74) is 0. The first-order chi connectivity index (χ1) is 6.22. The van der Waals surface area contributed by atoms with Crippen molar-refractivity contribution in [3.8, 4) is 5.75 Å². The molecule has 0 fully saturated rings. The molecule has 13 heavy (non-hydrogen) atoms. The van der Waals surface area contributed by atoms with Crippen molar-refractivity contribution in [1.29, 1.82) is 0 Å². The molecule has 0 aliphatic carbocycles. The van der Waals surface area contributed by atoms with Crippen LogP contribution in [0, 0.1) is 0 Å². The van der Waals surface area contributed by atoms with Gasteiger partial charge < -0.3 is 9.84 Å². The minimum atomic E-state index is -1.01. The highest BCUT2D eigenvalue weighted by Crippen LogP contribution is 2.05. The third-order valence-corrected chi connectivity index (χ3v) is 1.36. The van der Waals surface area contributed by atoms with Crippen molar-refractivity contribution >= 4 is 5.97 Å². The van der Waals surface area contributed by atoms with Gasteiger partial charge in [0.05, 0.1) is 12.4 Å². The number of hydrogen-bond donors (Lipinski definition) is 1. The molecule has 5 nitrogen and oxygen atoms in total. The van der Waals surface area contributed by atoms with Crippen LogP contribution in [0.1, 0.15) is 12.7 Å². The Morgan fingerprint density at radius 2 is 2.15 bits per heavy atom. The molecule has 0 aromatic carbocycles. The summed E-state index contributed by atoms with van der Waals surface area (Å²) in [5.74, 6) is 0.0712. The van der Waals surface area contributed by atoms with E-state index in [-0.39, 0.29) is 6.61 Å². The summed E-state index contributed by atoms with van der Waals surface area (Å²) in [4.78, 5) is 18.0. The van der Waals surface area contributed by atoms with Crippen molar-refractivity contribution in [1.82, 2.24) is 9.97 Å². The number of nitrogens with zero attached hydrogens (tertiary/aromatic N) is 2. The molecule has 0 radical (unpaired) electrons. The van der Waals surface area contributed by atoms with Gasteiger partial charge in [0.2, 0.25) is 0 Å². The minimum Gasteiger partial charge on any atom is -0.479 e. The van der Waals surface area contributed by atoms with Crippen LogP contribution in [0.4, 0.5) is 0 Å². The number of aromatic nitrogens is 2. The number of aryl methyl sites for hydroxylation is 1. The van der Waals surface area contributed by atoms with E-state index in [2.05, 4.69) is 9.97 Å². The Hall–Kier alpha value is -1.65. The van der Waals surface area contributed by atoms with Gasteiger partial charge in [-0.15, -0.1) is 0 Å². The van der Waals surface area contributed by atoms with E-state index in [1.807, 2.05) is 6.92 Å². The second-order valence-electron chi connectivity index (χ2n) is 2.37. The topological polar surface area (TPSA) is 72.3 Å². The molecule has 0 atom stereocenters. The van der Waals surface area contributed by atoms with Crippen LogP contribution in [0.15, 0.2) is 12.4 Å². The lowest BCUT2D eigenvalue weighted by molar-refractivity contribution is -0.139. The molecule has 1 heterocycles. The van der Waals surface area contributed by atoms with Gasteiger partial charge in [0.15, 0.2) is 12.4 Å². The summed E-state index contributed by atoms with van der Waals surface area (Å²) in [6.45, 7) is 1.57. The van der Waals surface area contributed by atoms with Crippen molar-refractivity contribution in [2.75, 3.05) is 6.61 Å². The zero-order valence-corrected chi connectivity index (χ0v) is 7.23. The number of hydrogen-bond acceptors (Lipinski definition) is 4. The smallest absolute Gasteiger partial charge is 0.341 e. The third-order valence-electron chi connectivity index (χ3n) is 1.36. The molecule has 5 heteroatoms. The molecule has 1 aromatic rings. The van der Waals surface area contributed by atoms with Crippen molar-refractivity contribution in [3.05, 3.63) is 18.2 Å². The molecule has 0 unspecified atom stereocenters. The van der Waals surface area contributed by atoms with E-state index >= 15 is 0 Å². The third kappa shape index (κ3) is 3.06. The average Bonchev–Trinajstić information content (AvgIpc) is 2.15. The number of ether oxygens (including phenoxy) is 1. The first-order valence-corrected chi connectivity index (χ1v) is 3.88. The van der Waals surface area contributed by atoms with E-state index < -0.39 is 5.97 Å². The van der Waals surface area contributed by atoms with Crippen LogP contribution in [-0.4, -0.2) is 27.7 Å². The number of carbonyl (C=O) groups is 1. The molecular formula is C8H10N2O3. The second-order valence-corrected chi connectivity index (χ2v) is 2.37. The van der Waals surface area contributed by atoms with Crippen LogP contribution in [0.5, 0.6) is 5.75 Å². The predicted octanol–water partition coefficient (Wildman–Crippen LogP) is 0.502. The molecule has 1 aromatic heterocycles. The molecule has 0 aliphatic heterocycles. The van der Waals surface area contributed by atoms with Crippen LogP contribution in [0.3, 0.4) is 0 Å². The van der Waals surface area contributed by atoms with Crippen molar-refractivity contribution in [3.63, 3.8) is 0 Å². The Balaban J connectivity index is 2.54. The lowest BCUT2D eigenvalue weighted by Gasteiger charge is -2.01. The summed E-state index contributed by atoms with van der Waals surface area (Å²) in [7, 11) is 0. The highest BCUT2D eigenvalue weighted by atomic mass is 16.5. The Bertz CT molecular complexity index is 284. The van der Waals surface area contributed by atoms with Gasteiger partial charge >= 0.3 is 5.97 Å². The lowest BCUT2D eigenvalue weighted by atomic mass is 10.4. The normalized spacial score (nSPS) is 9.62. The van der Waals surface area contributed by atoms with Crippen LogP contribution in [0.25, 0.3) is 0 Å². The van der Waals surface area contributed by atoms with E-state index in [1.54, 1.807) is 0 Å². The van der Waals surface area contributed by atoms with Crippen LogP contribution in [0.2, 0.25) is 0 Å². The maximum Gasteiger partial charge on any atom is 0.341 e. The van der Waals surface area contributed by atoms with Gasteiger partial charge in [-0.1, -0.05) is 6.92 Å². The Labute approximate surface area is 75.4 Å². The summed E-state index contributed by atoms with van der Waals surface area (Å²) in [5, 5.41) is 8.31. The number of aliphatic carboxylic acids is 1. The largest absolute Gasteiger partial charge is 0.479 e. The van der Waals surface area contributed by atoms with E-state index in [4.69, 9.17) is 9.84 Å². The van der Waals surface area contributed by atoms with E-state index in [1.165, 1.54) is 12.4 Å². The molecule has 70 valence electrons. The molecule has 0 amide bonds. The fraction of sp³-hybridized carbons (Fsp3) is 0.375. The monoisotopic (exact) mass is 182 g/mol. The fourth-order valence-electron chi connectivity index (χ4n) is 0.745. The number of carboxylic acids is 1. The first kappa shape index (κ1) is 9.44. The highest BCUT2D eigenvalue weighted by Gasteiger charge is 1.99. The van der Waals surface area contributed by atoms with Gasteiger partial charge in [0.25, 0.3) is 0 Å². The Kier molecular flexibility index (Phi) is 3.19. The molecule has 0 saturated carbocycles. The molecule has 1 N–H and O–H groups in total. The van der Waals surface area contributed by atoms with Crippen LogP contribution >= 0.6 is 0 Å². The second kappa shape index (κ2) is 4.39. The quantitative estimate of drug-likeness (QED) is 0.734. The lowest BCUT2D eigenvalue weighted by Crippen LogP contribution is -2.09. The zero-order chi connectivity index (χ0) is 9.68. The van der Waals surface area contributed by atoms with Gasteiger partial charge in [-0.25, -0.2) is 14.8 Å². The molecule has 1 rings (SSSR count). The maximum atomic E-state index is 10.1. The Morgan fingerprint density at radius 1 is 1.54 bits per heavy atom. The van der Waals surface area contributed by atoms with Crippen molar-refractivity contribution < 1.29 is 14.6 Å². The number of carboxylic acid groups (broad SMARTS) is 1. The summed E-state index contributed by atoms with van der Waals surface area (Å²) in [6.07, 6.45) is 3.68. The van der Waals surface area contributed by atoms with Gasteiger partial charge in [0.1, 0.15) is 5.82 Å². The molecule has 0 spiro atoms. The fourth-order valence-corrected chi connectivity index (χ4v) is 0.745. The highest BCUT2D eigenvalue weighted by molar-refractivity contribution is 5.68. The van der Waals surface area contributed by atoms with Crippen molar-refractivity contribution in [2.24, 2.45) is 0 Å². The van der Waals surface area contributed by atoms with Gasteiger partial charge in [-0.3, -0.25) is 0 Å². The molecular weight excluding hydrogens is 172 g/mol. The maximum absolute atomic E-state index is 10.1. The summed E-state index contributed by atoms with van der Waals surface area (Å²) >= 11 is 0. The average molecular weight is 182 g/mol. The first-order valence-electron chi connectivity index (χ1n) is 3.88. The molecule has 0 bridgehead atoms. The van der Waals surface area contributed by atoms with Crippen molar-refractivity contribution in [2.45, 2.75) is 13.3 Å². The van der Waals surface area contributed by atoms with Gasteiger partial charge in [0, 0.05) is 6.42 Å². The zero-order valence-electron chi connectivity index (χ0n) is 7.23. The summed E-state index contributed by atoms with van der Waals surface area (Å²) < 4.78 is 4.84. The van der Waals surface area contributed by atoms with E-state index in [0.717, 1.165) is 6.42 Å². The van der Waals surface area contributed by atoms with Crippen LogP contribution < -0.4 is 4.74 Å². The van der Waals surface area contributed by atoms with E-state index in [0.29, 0.717) is 11.6 Å². The molecule has 0 aliphatic rings. The number of rotatable bonds is 4.